The van der Waals surface area contributed by atoms with Crippen LogP contribution in [0.3, 0.4) is 0 Å². The average molecular weight is 435 g/mol. The van der Waals surface area contributed by atoms with Crippen LogP contribution in [0.15, 0.2) is 18.2 Å². The van der Waals surface area contributed by atoms with Crippen LogP contribution < -0.4 is 10.2 Å². The number of carbonyl (C=O) groups is 1. The largest absolute Gasteiger partial charge is 0.374 e. The van der Waals surface area contributed by atoms with Gasteiger partial charge in [-0.1, -0.05) is 12.1 Å². The Morgan fingerprint density at radius 3 is 2.84 bits per heavy atom. The second-order valence-electron chi connectivity index (χ2n) is 9.51. The summed E-state index contributed by atoms with van der Waals surface area (Å²) in [4.78, 5) is 28.4. The first-order chi connectivity index (χ1) is 15.5. The predicted molar refractivity (Wildman–Crippen MR) is 127 cm³/mol. The maximum Gasteiger partial charge on any atom is 0.219 e. The molecule has 0 spiro atoms. The normalized spacial score (nSPS) is 20.8. The zero-order valence-corrected chi connectivity index (χ0v) is 19.5. The minimum absolute atomic E-state index is 0.142. The maximum absolute atomic E-state index is 11.7. The molecule has 0 saturated carbocycles. The number of carbonyl (C=O) groups excluding carboxylic acids is 1. The summed E-state index contributed by atoms with van der Waals surface area (Å²) in [5.41, 5.74) is 6.65. The van der Waals surface area contributed by atoms with Gasteiger partial charge in [0.25, 0.3) is 0 Å². The second kappa shape index (κ2) is 8.70. The Labute approximate surface area is 190 Å². The van der Waals surface area contributed by atoms with Gasteiger partial charge < -0.3 is 15.1 Å². The molecule has 1 N–H and O–H groups in total. The first-order valence-electron chi connectivity index (χ1n) is 11.9. The van der Waals surface area contributed by atoms with Gasteiger partial charge in [-0.2, -0.15) is 0 Å². The third-order valence-corrected chi connectivity index (χ3v) is 7.29. The standard InChI is InChI=1S/C25H34N6O/c1-17(32)31-12-8-20(15-31)24-27-22-9-11-30(16-21(22)25(26-2)28-24)14-18-6-7-23-19(13-18)5-4-10-29(23)3/h6-7,13,20H,4-5,8-12,14-16H2,1-3H3,(H,26,27,28). The van der Waals surface area contributed by atoms with E-state index in [4.69, 9.17) is 9.97 Å². The SMILES string of the molecule is CNc1nc(C2CCN(C(C)=O)C2)nc2c1CN(Cc1ccc3c(c1)CCCN3C)CC2. The average Bonchev–Trinajstić information content (AvgIpc) is 3.29. The number of hydrogen-bond acceptors (Lipinski definition) is 6. The van der Waals surface area contributed by atoms with E-state index >= 15 is 0 Å². The van der Waals surface area contributed by atoms with E-state index in [-0.39, 0.29) is 11.8 Å². The maximum atomic E-state index is 11.7. The summed E-state index contributed by atoms with van der Waals surface area (Å²) < 4.78 is 0. The molecule has 1 saturated heterocycles. The number of amides is 1. The number of likely N-dealkylation sites (tertiary alicyclic amines) is 1. The van der Waals surface area contributed by atoms with Crippen molar-refractivity contribution in [3.63, 3.8) is 0 Å². The van der Waals surface area contributed by atoms with E-state index in [0.29, 0.717) is 0 Å². The number of nitrogens with one attached hydrogen (secondary N) is 1. The summed E-state index contributed by atoms with van der Waals surface area (Å²) in [5, 5.41) is 3.32. The summed E-state index contributed by atoms with van der Waals surface area (Å²) in [6, 6.07) is 6.98. The number of fused-ring (bicyclic) bond motifs is 2. The third-order valence-electron chi connectivity index (χ3n) is 7.29. The Morgan fingerprint density at radius 2 is 2.06 bits per heavy atom. The summed E-state index contributed by atoms with van der Waals surface area (Å²) in [5.74, 6) is 2.22. The summed E-state index contributed by atoms with van der Waals surface area (Å²) in [6.45, 7) is 7.16. The molecule has 0 radical (unpaired) electrons. The Morgan fingerprint density at radius 1 is 1.19 bits per heavy atom. The number of rotatable bonds is 4. The lowest BCUT2D eigenvalue weighted by Crippen LogP contribution is -2.32. The number of aromatic nitrogens is 2. The lowest BCUT2D eigenvalue weighted by atomic mass is 9.98. The third kappa shape index (κ3) is 4.06. The molecule has 3 aliphatic rings. The van der Waals surface area contributed by atoms with Crippen LogP contribution in [0.1, 0.15) is 53.9 Å². The molecule has 1 unspecified atom stereocenters. The van der Waals surface area contributed by atoms with Gasteiger partial charge in [0, 0.05) is 83.9 Å². The molecule has 3 aliphatic heterocycles. The molecule has 1 amide bonds. The Balaban J connectivity index is 1.32. The van der Waals surface area contributed by atoms with Crippen molar-refractivity contribution in [3.05, 3.63) is 46.4 Å². The van der Waals surface area contributed by atoms with Gasteiger partial charge in [-0.05, 0) is 36.5 Å². The number of anilines is 2. The molecule has 7 heteroatoms. The number of aryl methyl sites for hydroxylation is 1. The fourth-order valence-corrected chi connectivity index (χ4v) is 5.47. The van der Waals surface area contributed by atoms with Crippen molar-refractivity contribution in [3.8, 4) is 0 Å². The van der Waals surface area contributed by atoms with Crippen molar-refractivity contribution >= 4 is 17.4 Å². The van der Waals surface area contributed by atoms with E-state index < -0.39 is 0 Å². The number of hydrogen-bond donors (Lipinski definition) is 1. The van der Waals surface area contributed by atoms with Crippen LogP contribution in [0.25, 0.3) is 0 Å². The highest BCUT2D eigenvalue weighted by molar-refractivity contribution is 5.73. The van der Waals surface area contributed by atoms with Crippen molar-refractivity contribution in [1.29, 1.82) is 0 Å². The van der Waals surface area contributed by atoms with Crippen LogP contribution in [-0.2, 0) is 30.7 Å². The number of nitrogens with zero attached hydrogens (tertiary/aromatic N) is 5. The molecule has 5 rings (SSSR count). The highest BCUT2D eigenvalue weighted by atomic mass is 16.2. The fraction of sp³-hybridized carbons (Fsp3) is 0.560. The fourth-order valence-electron chi connectivity index (χ4n) is 5.47. The van der Waals surface area contributed by atoms with Crippen molar-refractivity contribution in [2.45, 2.75) is 51.6 Å². The highest BCUT2D eigenvalue weighted by Crippen LogP contribution is 2.31. The minimum Gasteiger partial charge on any atom is -0.374 e. The Bertz CT molecular complexity index is 1000. The van der Waals surface area contributed by atoms with Crippen LogP contribution in [0.5, 0.6) is 0 Å². The van der Waals surface area contributed by atoms with Crippen molar-refractivity contribution in [1.82, 2.24) is 19.8 Å². The monoisotopic (exact) mass is 434 g/mol. The van der Waals surface area contributed by atoms with E-state index in [1.807, 2.05) is 11.9 Å². The first kappa shape index (κ1) is 21.2. The molecule has 2 aromatic rings. The Kier molecular flexibility index (Phi) is 5.76. The van der Waals surface area contributed by atoms with Crippen LogP contribution in [-0.4, -0.2) is 65.9 Å². The van der Waals surface area contributed by atoms with Gasteiger partial charge in [0.15, 0.2) is 0 Å². The molecular formula is C25H34N6O. The molecule has 32 heavy (non-hydrogen) atoms. The van der Waals surface area contributed by atoms with Crippen molar-refractivity contribution < 1.29 is 4.79 Å². The quantitative estimate of drug-likeness (QED) is 0.798. The summed E-state index contributed by atoms with van der Waals surface area (Å²) in [6.07, 6.45) is 4.30. The molecule has 0 bridgehead atoms. The predicted octanol–water partition coefficient (Wildman–Crippen LogP) is 2.79. The van der Waals surface area contributed by atoms with Crippen LogP contribution in [0.2, 0.25) is 0 Å². The van der Waals surface area contributed by atoms with E-state index in [1.165, 1.54) is 40.9 Å². The van der Waals surface area contributed by atoms with Crippen LogP contribution >= 0.6 is 0 Å². The van der Waals surface area contributed by atoms with E-state index in [0.717, 1.165) is 63.8 Å². The van der Waals surface area contributed by atoms with Crippen LogP contribution in [0, 0.1) is 0 Å². The van der Waals surface area contributed by atoms with Crippen LogP contribution in [0.4, 0.5) is 11.5 Å². The van der Waals surface area contributed by atoms with Crippen molar-refractivity contribution in [2.75, 3.05) is 50.5 Å². The Hall–Kier alpha value is -2.67. The summed E-state index contributed by atoms with van der Waals surface area (Å²) >= 11 is 0. The lowest BCUT2D eigenvalue weighted by molar-refractivity contribution is -0.127. The minimum atomic E-state index is 0.142. The molecular weight excluding hydrogens is 400 g/mol. The first-order valence-corrected chi connectivity index (χ1v) is 11.9. The zero-order valence-electron chi connectivity index (χ0n) is 19.5. The van der Waals surface area contributed by atoms with Gasteiger partial charge >= 0.3 is 0 Å². The molecule has 1 aromatic heterocycles. The van der Waals surface area contributed by atoms with E-state index in [2.05, 4.69) is 40.4 Å². The van der Waals surface area contributed by atoms with Crippen molar-refractivity contribution in [2.24, 2.45) is 0 Å². The highest BCUT2D eigenvalue weighted by Gasteiger charge is 2.30. The van der Waals surface area contributed by atoms with Gasteiger partial charge in [0.1, 0.15) is 11.6 Å². The van der Waals surface area contributed by atoms with E-state index in [1.54, 1.807) is 6.92 Å². The molecule has 4 heterocycles. The van der Waals surface area contributed by atoms with Gasteiger partial charge in [-0.3, -0.25) is 9.69 Å². The molecule has 170 valence electrons. The second-order valence-corrected chi connectivity index (χ2v) is 9.51. The molecule has 7 nitrogen and oxygen atoms in total. The van der Waals surface area contributed by atoms with E-state index in [9.17, 15) is 4.79 Å². The van der Waals surface area contributed by atoms with Gasteiger partial charge in [-0.25, -0.2) is 9.97 Å². The van der Waals surface area contributed by atoms with Gasteiger partial charge in [0.2, 0.25) is 5.91 Å². The lowest BCUT2D eigenvalue weighted by Gasteiger charge is -2.31. The van der Waals surface area contributed by atoms with Gasteiger partial charge in [-0.15, -0.1) is 0 Å². The molecule has 0 aliphatic carbocycles. The molecule has 1 fully saturated rings. The van der Waals surface area contributed by atoms with Gasteiger partial charge in [0.05, 0.1) is 5.69 Å². The summed E-state index contributed by atoms with van der Waals surface area (Å²) in [7, 11) is 4.14. The molecule has 1 aromatic carbocycles. The topological polar surface area (TPSA) is 64.6 Å². The smallest absolute Gasteiger partial charge is 0.219 e. The zero-order chi connectivity index (χ0) is 22.2. The molecule has 1 atom stereocenters. The number of benzene rings is 1.